The van der Waals surface area contributed by atoms with Gasteiger partial charge in [-0.1, -0.05) is 105 Å². The lowest BCUT2D eigenvalue weighted by atomic mass is 9.81. The molecule has 3 aliphatic heterocycles. The second-order valence-electron chi connectivity index (χ2n) is 19.4. The van der Waals surface area contributed by atoms with Gasteiger partial charge in [-0.3, -0.25) is 9.59 Å². The summed E-state index contributed by atoms with van der Waals surface area (Å²) in [6, 6.07) is -1.81. The van der Waals surface area contributed by atoms with Gasteiger partial charge in [-0.15, -0.1) is 0 Å². The average Bonchev–Trinajstić information content (AvgIpc) is 3.28. The van der Waals surface area contributed by atoms with Crippen LogP contribution >= 0.6 is 0 Å². The van der Waals surface area contributed by atoms with Crippen molar-refractivity contribution in [1.82, 2.24) is 5.32 Å². The van der Waals surface area contributed by atoms with Gasteiger partial charge in [0, 0.05) is 50.1 Å². The van der Waals surface area contributed by atoms with Crippen LogP contribution in [0.15, 0.2) is 85.1 Å². The minimum absolute atomic E-state index is 0.0906. The molecule has 1 aliphatic carbocycles. The van der Waals surface area contributed by atoms with Crippen LogP contribution < -0.4 is 16.8 Å². The molecule has 2 bridgehead atoms. The Bertz CT molecular complexity index is 1790. The Balaban J connectivity index is 1.59. The Morgan fingerprint density at radius 2 is 1.29 bits per heavy atom. The van der Waals surface area contributed by atoms with E-state index in [0.29, 0.717) is 12.8 Å². The topological polar surface area (TPSA) is 337 Å². The number of hydrogen-bond acceptors (Lipinski definition) is 18. The van der Waals surface area contributed by atoms with Gasteiger partial charge in [0.15, 0.2) is 12.1 Å². The van der Waals surface area contributed by atoms with E-state index in [-0.39, 0.29) is 56.7 Å². The highest BCUT2D eigenvalue weighted by atomic mass is 16.7. The lowest BCUT2D eigenvalue weighted by Gasteiger charge is -2.46. The molecule has 1 saturated carbocycles. The molecule has 0 aromatic rings. The summed E-state index contributed by atoms with van der Waals surface area (Å²) in [6.07, 6.45) is 8.99. The highest BCUT2D eigenvalue weighted by molar-refractivity contribution is 5.80. The summed E-state index contributed by atoms with van der Waals surface area (Å²) in [5, 5.41) is 112. The minimum Gasteiger partial charge on any atom is -0.462 e. The largest absolute Gasteiger partial charge is 0.462 e. The number of carbonyl (C=O) groups excluding carboxylic acids is 2. The van der Waals surface area contributed by atoms with Crippen molar-refractivity contribution in [2.24, 2.45) is 23.3 Å². The number of aliphatic hydroxyl groups is 10. The van der Waals surface area contributed by atoms with E-state index in [1.807, 2.05) is 43.4 Å². The molecule has 4 rings (SSSR count). The van der Waals surface area contributed by atoms with Crippen LogP contribution in [0.4, 0.5) is 0 Å². The fraction of sp³-hybridized carbons (Fsp3) is 0.686. The first kappa shape index (κ1) is 59.1. The lowest BCUT2D eigenvalue weighted by molar-refractivity contribution is -0.304. The van der Waals surface area contributed by atoms with Gasteiger partial charge >= 0.3 is 5.97 Å². The number of cyclic esters (lactones) is 1. The molecular weight excluding hydrogens is 911 g/mol. The third-order valence-electron chi connectivity index (χ3n) is 13.2. The number of amides is 1. The smallest absolute Gasteiger partial charge is 0.308 e. The maximum Gasteiger partial charge on any atom is 0.308 e. The van der Waals surface area contributed by atoms with Crippen molar-refractivity contribution >= 4 is 11.9 Å². The molecule has 2 saturated heterocycles. The number of fused-ring (bicyclic) bond motifs is 2. The number of carbonyl (C=O) groups is 2. The van der Waals surface area contributed by atoms with Crippen LogP contribution in [0.3, 0.4) is 0 Å². The van der Waals surface area contributed by atoms with Gasteiger partial charge in [-0.05, 0) is 39.0 Å². The third kappa shape index (κ3) is 20.2. The van der Waals surface area contributed by atoms with Crippen molar-refractivity contribution in [2.45, 2.75) is 201 Å². The van der Waals surface area contributed by atoms with E-state index in [4.69, 9.17) is 30.4 Å². The van der Waals surface area contributed by atoms with Crippen LogP contribution in [-0.2, 0) is 28.5 Å². The lowest BCUT2D eigenvalue weighted by Crippen LogP contribution is -2.61. The maximum absolute atomic E-state index is 14.1. The van der Waals surface area contributed by atoms with Gasteiger partial charge in [-0.2, -0.15) is 0 Å². The van der Waals surface area contributed by atoms with Crippen LogP contribution in [0.1, 0.15) is 97.3 Å². The summed E-state index contributed by atoms with van der Waals surface area (Å²) in [5.74, 6) is -5.11. The second-order valence-corrected chi connectivity index (χ2v) is 19.4. The fourth-order valence-electron chi connectivity index (χ4n) is 9.13. The van der Waals surface area contributed by atoms with Gasteiger partial charge in [0.2, 0.25) is 5.91 Å². The molecule has 19 atom stereocenters. The molecule has 19 nitrogen and oxygen atoms in total. The Labute approximate surface area is 411 Å². The Hall–Kier alpha value is -3.48. The molecule has 15 N–H and O–H groups in total. The normalized spacial score (nSPS) is 44.3. The van der Waals surface area contributed by atoms with Crippen molar-refractivity contribution in [3.63, 3.8) is 0 Å². The van der Waals surface area contributed by atoms with Crippen LogP contribution in [0, 0.1) is 11.8 Å². The summed E-state index contributed by atoms with van der Waals surface area (Å²) < 4.78 is 23.5. The molecule has 70 heavy (non-hydrogen) atoms. The number of aliphatic hydroxyl groups excluding tert-OH is 9. The molecule has 19 heteroatoms. The molecule has 3 heterocycles. The first-order chi connectivity index (χ1) is 33.2. The quantitative estimate of drug-likeness (QED) is 0.169. The predicted octanol–water partition coefficient (Wildman–Crippen LogP) is 0.379. The predicted molar refractivity (Wildman–Crippen MR) is 259 cm³/mol. The summed E-state index contributed by atoms with van der Waals surface area (Å²) in [4.78, 5) is 26.6. The van der Waals surface area contributed by atoms with E-state index in [9.17, 15) is 60.7 Å². The summed E-state index contributed by atoms with van der Waals surface area (Å²) in [7, 11) is 0. The first-order valence-corrected chi connectivity index (χ1v) is 24.7. The first-order valence-electron chi connectivity index (χ1n) is 24.7. The van der Waals surface area contributed by atoms with Crippen molar-refractivity contribution in [3.8, 4) is 0 Å². The molecule has 3 fully saturated rings. The van der Waals surface area contributed by atoms with Crippen molar-refractivity contribution in [1.29, 1.82) is 0 Å². The molecule has 396 valence electrons. The van der Waals surface area contributed by atoms with E-state index in [0.717, 1.165) is 12.8 Å². The molecular formula is C51H81N3O16. The highest BCUT2D eigenvalue weighted by Crippen LogP contribution is 2.38. The molecule has 1 amide bonds. The standard InChI is InChI=1S/C51H81N3O16/c1-31-17-13-11-9-7-5-3-4-6-8-10-12-14-18-36(69-50-48(64)47(53)43(62)30-67-50)27-44-46(49(65)54-38-20-16-15-19-37(38)52)42(61)29-51(66,70-44)28-35(57)25-41(60)39(58)22-21-33(55)24-34(56)26-45(63)68-32(2)23-40(31)59/h3-14,17-18,31-44,46-48,50,55-62,64,66H,15-16,19-30,52-53H2,1-2H3,(H,54,65)/b4-3+,7-5+,8-6+,11-9+,12-10+,17-13+,18-14+/t31-,32-,33?,34?,35?,36?,37+,38?,39+,40-,41?,42-,43+,44-,46?,47-,48-,50-,51?/m0/s1. The zero-order valence-corrected chi connectivity index (χ0v) is 40.5. The van der Waals surface area contributed by atoms with Crippen LogP contribution in [0.5, 0.6) is 0 Å². The number of nitrogens with one attached hydrogen (secondary N) is 1. The van der Waals surface area contributed by atoms with E-state index >= 15 is 0 Å². The number of rotatable bonds is 4. The van der Waals surface area contributed by atoms with Crippen LogP contribution in [0.25, 0.3) is 0 Å². The van der Waals surface area contributed by atoms with Gasteiger partial charge in [0.1, 0.15) is 12.2 Å². The molecule has 0 aromatic heterocycles. The van der Waals surface area contributed by atoms with Gasteiger partial charge < -0.3 is 86.8 Å². The Morgan fingerprint density at radius 1 is 0.671 bits per heavy atom. The van der Waals surface area contributed by atoms with E-state index in [1.54, 1.807) is 55.5 Å². The van der Waals surface area contributed by atoms with E-state index in [1.165, 1.54) is 0 Å². The van der Waals surface area contributed by atoms with Gasteiger partial charge in [0.05, 0.1) is 86.0 Å². The molecule has 0 spiro atoms. The Morgan fingerprint density at radius 3 is 1.93 bits per heavy atom. The van der Waals surface area contributed by atoms with Crippen molar-refractivity contribution in [3.05, 3.63) is 85.1 Å². The number of hydrogen-bond donors (Lipinski definition) is 13. The van der Waals surface area contributed by atoms with Crippen molar-refractivity contribution in [2.75, 3.05) is 6.61 Å². The van der Waals surface area contributed by atoms with Crippen LogP contribution in [0.2, 0.25) is 0 Å². The highest BCUT2D eigenvalue weighted by Gasteiger charge is 2.51. The maximum atomic E-state index is 14.1. The zero-order chi connectivity index (χ0) is 51.4. The van der Waals surface area contributed by atoms with Gasteiger partial charge in [-0.25, -0.2) is 0 Å². The van der Waals surface area contributed by atoms with Crippen LogP contribution in [-0.4, -0.2) is 173 Å². The SMILES string of the molecule is C[C@H]1C[C@H](O)[C@@H](C)/C=C/C=C/C=C/C=C/C=C/C=C/C=C/C(O[C@@H]2OC[C@@H](O)[C@H](N)[C@@H]2O)C[C@@H]2OC(O)(CC(O)CC(O)[C@H](O)CCC(O)CC(O)CC(=O)O1)C[C@H](O)C2C(=O)NC1CCCC[C@H]1N. The van der Waals surface area contributed by atoms with Gasteiger partial charge in [0.25, 0.3) is 0 Å². The number of allylic oxidation sites excluding steroid dienone is 12. The van der Waals surface area contributed by atoms with E-state index in [2.05, 4.69) is 5.32 Å². The molecule has 4 aliphatic rings. The monoisotopic (exact) mass is 992 g/mol. The number of ether oxygens (including phenoxy) is 4. The Kier molecular flexibility index (Phi) is 25.2. The fourth-order valence-corrected chi connectivity index (χ4v) is 9.13. The second kappa shape index (κ2) is 29.9. The number of nitrogens with two attached hydrogens (primary N) is 2. The molecule has 8 unspecified atom stereocenters. The molecule has 0 aromatic carbocycles. The average molecular weight is 992 g/mol. The minimum atomic E-state index is -2.27. The summed E-state index contributed by atoms with van der Waals surface area (Å²) in [5.41, 5.74) is 12.4. The number of esters is 1. The van der Waals surface area contributed by atoms with Crippen molar-refractivity contribution < 1.29 is 79.6 Å². The summed E-state index contributed by atoms with van der Waals surface area (Å²) in [6.45, 7) is 3.22. The molecule has 0 radical (unpaired) electrons. The third-order valence-corrected chi connectivity index (χ3v) is 13.2. The van der Waals surface area contributed by atoms with E-state index < -0.39 is 135 Å². The summed E-state index contributed by atoms with van der Waals surface area (Å²) >= 11 is 0. The zero-order valence-electron chi connectivity index (χ0n) is 40.5.